The lowest BCUT2D eigenvalue weighted by Crippen LogP contribution is -2.18. The van der Waals surface area contributed by atoms with Gasteiger partial charge < -0.3 is 4.90 Å². The number of anilines is 3. The van der Waals surface area contributed by atoms with Crippen LogP contribution >= 0.6 is 0 Å². The van der Waals surface area contributed by atoms with Crippen molar-refractivity contribution in [3.05, 3.63) is 208 Å². The Hall–Kier alpha value is -6.44. The molecular weight excluding hydrogens is 795 g/mol. The summed E-state index contributed by atoms with van der Waals surface area (Å²) in [6, 6.07) is 63.4. The van der Waals surface area contributed by atoms with Crippen LogP contribution in [0, 0.1) is 0 Å². The van der Waals surface area contributed by atoms with Crippen LogP contribution < -0.4 is 4.90 Å². The SMILES string of the molecule is CC(C)(C)c1ccc(N(c2cc(-c3ccc4c(c3)C(C)(C)c3ccccc3-4)cc(-c3ccc4c(c3)C(C)(C)c3ccccc3-4)c2)c2ccc3c(c2)C(C)(C)c2cc(C(C)(C)C)ccc2-3)cc1. The van der Waals surface area contributed by atoms with Gasteiger partial charge in [-0.25, -0.2) is 0 Å². The molecule has 0 N–H and O–H groups in total. The number of rotatable bonds is 5. The van der Waals surface area contributed by atoms with Crippen LogP contribution in [-0.4, -0.2) is 0 Å². The Kier molecular flexibility index (Phi) is 9.13. The molecule has 0 aromatic heterocycles. The summed E-state index contributed by atoms with van der Waals surface area (Å²) >= 11 is 0. The predicted molar refractivity (Wildman–Crippen MR) is 282 cm³/mol. The van der Waals surface area contributed by atoms with Crippen LogP contribution in [-0.2, 0) is 27.1 Å². The molecule has 8 aromatic rings. The highest BCUT2D eigenvalue weighted by Crippen LogP contribution is 2.54. The van der Waals surface area contributed by atoms with Crippen LogP contribution in [0.2, 0.25) is 0 Å². The Morgan fingerprint density at radius 3 is 1.17 bits per heavy atom. The third kappa shape index (κ3) is 6.40. The van der Waals surface area contributed by atoms with E-state index in [-0.39, 0.29) is 27.1 Å². The highest BCUT2D eigenvalue weighted by Gasteiger charge is 2.39. The second-order valence-electron chi connectivity index (χ2n) is 23.1. The maximum atomic E-state index is 2.51. The second kappa shape index (κ2) is 14.3. The molecule has 0 unspecified atom stereocenters. The monoisotopic (exact) mass is 857 g/mol. The molecule has 8 aromatic carbocycles. The molecule has 328 valence electrons. The highest BCUT2D eigenvalue weighted by molar-refractivity contribution is 5.91. The molecule has 0 bridgehead atoms. The van der Waals surface area contributed by atoms with Crippen LogP contribution in [0.5, 0.6) is 0 Å². The fourth-order valence-corrected chi connectivity index (χ4v) is 11.7. The van der Waals surface area contributed by atoms with E-state index in [1.807, 2.05) is 0 Å². The van der Waals surface area contributed by atoms with Crippen LogP contribution in [0.15, 0.2) is 164 Å². The van der Waals surface area contributed by atoms with Gasteiger partial charge in [0.2, 0.25) is 0 Å². The lowest BCUT2D eigenvalue weighted by atomic mass is 9.79. The smallest absolute Gasteiger partial charge is 0.0473 e. The molecule has 11 rings (SSSR count). The average molecular weight is 858 g/mol. The van der Waals surface area contributed by atoms with Crippen molar-refractivity contribution in [1.82, 2.24) is 0 Å². The van der Waals surface area contributed by atoms with Gasteiger partial charge in [-0.2, -0.15) is 0 Å². The van der Waals surface area contributed by atoms with Gasteiger partial charge in [-0.15, -0.1) is 0 Å². The fraction of sp³-hybridized carbons (Fsp3) is 0.262. The zero-order valence-corrected chi connectivity index (χ0v) is 41.0. The summed E-state index contributed by atoms with van der Waals surface area (Å²) < 4.78 is 0. The van der Waals surface area contributed by atoms with E-state index < -0.39 is 0 Å². The Bertz CT molecular complexity index is 3160. The maximum absolute atomic E-state index is 2.51. The molecule has 1 heteroatoms. The van der Waals surface area contributed by atoms with Gasteiger partial charge in [-0.05, 0) is 166 Å². The van der Waals surface area contributed by atoms with Gasteiger partial charge in [-0.1, -0.05) is 192 Å². The van der Waals surface area contributed by atoms with E-state index in [1.165, 1.54) is 100 Å². The second-order valence-corrected chi connectivity index (χ2v) is 23.1. The van der Waals surface area contributed by atoms with Gasteiger partial charge in [0.15, 0.2) is 0 Å². The first kappa shape index (κ1) is 42.2. The van der Waals surface area contributed by atoms with Crippen molar-refractivity contribution in [2.45, 2.75) is 110 Å². The third-order valence-corrected chi connectivity index (χ3v) is 15.8. The summed E-state index contributed by atoms with van der Waals surface area (Å²) in [5.74, 6) is 0. The summed E-state index contributed by atoms with van der Waals surface area (Å²) in [6.45, 7) is 28.2. The highest BCUT2D eigenvalue weighted by atomic mass is 15.1. The minimum absolute atomic E-state index is 0.0355. The Morgan fingerprint density at radius 2 is 0.667 bits per heavy atom. The Morgan fingerprint density at radius 1 is 0.288 bits per heavy atom. The molecule has 66 heavy (non-hydrogen) atoms. The first-order valence-corrected chi connectivity index (χ1v) is 24.1. The molecule has 1 nitrogen and oxygen atoms in total. The minimum Gasteiger partial charge on any atom is -0.310 e. The van der Waals surface area contributed by atoms with Gasteiger partial charge >= 0.3 is 0 Å². The molecule has 0 atom stereocenters. The van der Waals surface area contributed by atoms with Crippen molar-refractivity contribution in [3.63, 3.8) is 0 Å². The molecule has 0 saturated carbocycles. The van der Waals surface area contributed by atoms with Crippen molar-refractivity contribution >= 4 is 17.1 Å². The van der Waals surface area contributed by atoms with E-state index in [0.29, 0.717) is 0 Å². The number of hydrogen-bond acceptors (Lipinski definition) is 1. The third-order valence-electron chi connectivity index (χ3n) is 15.8. The quantitative estimate of drug-likeness (QED) is 0.167. The van der Waals surface area contributed by atoms with E-state index in [2.05, 4.69) is 252 Å². The van der Waals surface area contributed by atoms with Crippen molar-refractivity contribution in [2.75, 3.05) is 4.90 Å². The van der Waals surface area contributed by atoms with Crippen molar-refractivity contribution in [1.29, 1.82) is 0 Å². The molecular formula is C65H63N. The number of nitrogens with zero attached hydrogens (tertiary/aromatic N) is 1. The van der Waals surface area contributed by atoms with Crippen LogP contribution in [0.1, 0.15) is 128 Å². The predicted octanol–water partition coefficient (Wildman–Crippen LogP) is 18.0. The van der Waals surface area contributed by atoms with E-state index in [1.54, 1.807) is 0 Å². The van der Waals surface area contributed by atoms with Crippen LogP contribution in [0.4, 0.5) is 17.1 Å². The van der Waals surface area contributed by atoms with E-state index >= 15 is 0 Å². The lowest BCUT2D eigenvalue weighted by molar-refractivity contribution is 0.584. The first-order valence-electron chi connectivity index (χ1n) is 24.1. The van der Waals surface area contributed by atoms with Gasteiger partial charge in [0.25, 0.3) is 0 Å². The first-order chi connectivity index (χ1) is 31.2. The molecule has 0 amide bonds. The average Bonchev–Trinajstić information content (AvgIpc) is 3.77. The Labute approximate surface area is 394 Å². The topological polar surface area (TPSA) is 3.24 Å². The maximum Gasteiger partial charge on any atom is 0.0473 e. The molecule has 0 spiro atoms. The van der Waals surface area contributed by atoms with Gasteiger partial charge in [0.1, 0.15) is 0 Å². The van der Waals surface area contributed by atoms with E-state index in [4.69, 9.17) is 0 Å². The van der Waals surface area contributed by atoms with Crippen LogP contribution in [0.3, 0.4) is 0 Å². The molecule has 0 saturated heterocycles. The van der Waals surface area contributed by atoms with Crippen LogP contribution in [0.25, 0.3) is 55.6 Å². The van der Waals surface area contributed by atoms with Gasteiger partial charge in [0, 0.05) is 33.3 Å². The van der Waals surface area contributed by atoms with Crippen molar-refractivity contribution < 1.29 is 0 Å². The summed E-state index contributed by atoms with van der Waals surface area (Å²) in [6.07, 6.45) is 0. The van der Waals surface area contributed by atoms with Crippen molar-refractivity contribution in [3.8, 4) is 55.6 Å². The molecule has 0 aliphatic heterocycles. The van der Waals surface area contributed by atoms with Crippen molar-refractivity contribution in [2.24, 2.45) is 0 Å². The zero-order chi connectivity index (χ0) is 46.3. The zero-order valence-electron chi connectivity index (χ0n) is 41.0. The lowest BCUT2D eigenvalue weighted by Gasteiger charge is -2.30. The molecule has 3 aliphatic rings. The van der Waals surface area contributed by atoms with Gasteiger partial charge in [0.05, 0.1) is 0 Å². The van der Waals surface area contributed by atoms with Gasteiger partial charge in [-0.3, -0.25) is 0 Å². The summed E-state index contributed by atoms with van der Waals surface area (Å²) in [4.78, 5) is 2.51. The number of benzene rings is 8. The molecule has 0 radical (unpaired) electrons. The largest absolute Gasteiger partial charge is 0.310 e. The fourth-order valence-electron chi connectivity index (χ4n) is 11.7. The van der Waals surface area contributed by atoms with E-state index in [9.17, 15) is 0 Å². The molecule has 0 heterocycles. The summed E-state index contributed by atoms with van der Waals surface area (Å²) in [5.41, 5.74) is 27.2. The molecule has 0 fully saturated rings. The normalized spacial score (nSPS) is 15.6. The van der Waals surface area contributed by atoms with E-state index in [0.717, 1.165) is 17.1 Å². The number of hydrogen-bond donors (Lipinski definition) is 0. The standard InChI is InChI=1S/C65H63N/c1-61(2,3)44-23-26-46(27-24-44)66(47-28-32-54-53-31-25-45(62(4,5)6)38-59(53)65(11,12)60(54)39-47)48-34-42(40-21-29-51-49-17-13-15-19-55(49)63(7,8)57(51)36-40)33-43(35-48)41-22-30-52-50-18-14-16-20-56(50)64(9,10)58(52)37-41/h13-39H,1-12H3. The summed E-state index contributed by atoms with van der Waals surface area (Å²) in [7, 11) is 0. The molecule has 3 aliphatic carbocycles. The minimum atomic E-state index is -0.166. The summed E-state index contributed by atoms with van der Waals surface area (Å²) in [5, 5.41) is 0. The Balaban J connectivity index is 1.13. The number of fused-ring (bicyclic) bond motifs is 9.